The van der Waals surface area contributed by atoms with Crippen LogP contribution in [0.15, 0.2) is 0 Å². The molecule has 0 saturated carbocycles. The Labute approximate surface area is 445 Å². The predicted octanol–water partition coefficient (Wildman–Crippen LogP) is 12.6. The summed E-state index contributed by atoms with van der Waals surface area (Å²) in [4.78, 5) is 58.3. The third kappa shape index (κ3) is 40.6. The van der Waals surface area contributed by atoms with Gasteiger partial charge in [-0.3, -0.25) is 29.0 Å². The lowest BCUT2D eigenvalue weighted by atomic mass is 10.0. The standard InChI is InChI=1S/C59H110N2O12/c1-4-7-10-13-16-17-18-19-20-21-22-23-24-27-34-55(62)70-51-53(72-57(64)35-28-30-39-60-41-47-66-48-42-60)54(73-58(65)36-29-31-40-61-43-49-67-50-44-61)52-71-56(63)37-38-59(68-45-32-25-14-11-8-5-2)69-46-33-26-15-12-9-6-3/h53-54,59H,4-52H2,1-3H3. The maximum Gasteiger partial charge on any atom is 0.306 e. The molecule has 0 radical (unpaired) electrons. The highest BCUT2D eigenvalue weighted by Gasteiger charge is 2.32. The average Bonchev–Trinajstić information content (AvgIpc) is 3.40. The first kappa shape index (κ1) is 66.8. The van der Waals surface area contributed by atoms with Crippen LogP contribution in [0.25, 0.3) is 0 Å². The van der Waals surface area contributed by atoms with Crippen molar-refractivity contribution < 1.29 is 57.1 Å². The van der Waals surface area contributed by atoms with E-state index in [4.69, 9.17) is 37.9 Å². The highest BCUT2D eigenvalue weighted by Crippen LogP contribution is 2.18. The van der Waals surface area contributed by atoms with Crippen LogP contribution in [0.5, 0.6) is 0 Å². The summed E-state index contributed by atoms with van der Waals surface area (Å²) in [6.07, 6.45) is 31.6. The van der Waals surface area contributed by atoms with Crippen molar-refractivity contribution in [3.05, 3.63) is 0 Å². The van der Waals surface area contributed by atoms with E-state index in [1.54, 1.807) is 0 Å². The van der Waals surface area contributed by atoms with E-state index in [0.29, 0.717) is 65.3 Å². The van der Waals surface area contributed by atoms with Crippen molar-refractivity contribution in [3.8, 4) is 0 Å². The van der Waals surface area contributed by atoms with E-state index < -0.39 is 42.4 Å². The minimum Gasteiger partial charge on any atom is -0.462 e. The fourth-order valence-electron chi connectivity index (χ4n) is 9.35. The molecule has 0 bridgehead atoms. The number of ether oxygens (including phenoxy) is 8. The van der Waals surface area contributed by atoms with Gasteiger partial charge in [0.05, 0.1) is 32.8 Å². The summed E-state index contributed by atoms with van der Waals surface area (Å²) < 4.78 is 46.9. The van der Waals surface area contributed by atoms with Gasteiger partial charge in [-0.05, 0) is 58.0 Å². The number of carbonyl (C=O) groups excluding carboxylic acids is 4. The van der Waals surface area contributed by atoms with Crippen molar-refractivity contribution in [1.82, 2.24) is 9.80 Å². The first-order valence-electron chi connectivity index (χ1n) is 30.4. The van der Waals surface area contributed by atoms with Crippen LogP contribution >= 0.6 is 0 Å². The molecule has 2 rings (SSSR count). The zero-order valence-corrected chi connectivity index (χ0v) is 47.2. The number of esters is 4. The lowest BCUT2D eigenvalue weighted by Crippen LogP contribution is -2.42. The lowest BCUT2D eigenvalue weighted by molar-refractivity contribution is -0.183. The monoisotopic (exact) mass is 1040 g/mol. The third-order valence-electron chi connectivity index (χ3n) is 14.1. The van der Waals surface area contributed by atoms with Crippen molar-refractivity contribution in [2.45, 2.75) is 264 Å². The van der Waals surface area contributed by atoms with Gasteiger partial charge in [-0.25, -0.2) is 0 Å². The third-order valence-corrected chi connectivity index (χ3v) is 14.1. The van der Waals surface area contributed by atoms with Gasteiger partial charge in [-0.2, -0.15) is 0 Å². The van der Waals surface area contributed by atoms with Gasteiger partial charge in [0, 0.05) is 65.1 Å². The molecular weight excluding hydrogens is 929 g/mol. The fraction of sp³-hybridized carbons (Fsp3) is 0.932. The number of rotatable bonds is 51. The lowest BCUT2D eigenvalue weighted by Gasteiger charge is -2.27. The molecule has 2 unspecified atom stereocenters. The molecule has 0 spiro atoms. The Kier molecular flexibility index (Phi) is 45.0. The van der Waals surface area contributed by atoms with Crippen LogP contribution in [0.2, 0.25) is 0 Å². The molecule has 0 aromatic rings. The number of morpholine rings is 2. The second-order valence-electron chi connectivity index (χ2n) is 20.8. The van der Waals surface area contributed by atoms with Gasteiger partial charge in [0.1, 0.15) is 13.2 Å². The van der Waals surface area contributed by atoms with E-state index >= 15 is 0 Å². The summed E-state index contributed by atoms with van der Waals surface area (Å²) in [5, 5.41) is 0. The van der Waals surface area contributed by atoms with Crippen molar-refractivity contribution >= 4 is 23.9 Å². The van der Waals surface area contributed by atoms with Crippen molar-refractivity contribution in [2.24, 2.45) is 0 Å². The van der Waals surface area contributed by atoms with Crippen molar-refractivity contribution in [3.63, 3.8) is 0 Å². The number of hydrogen-bond donors (Lipinski definition) is 0. The van der Waals surface area contributed by atoms with E-state index in [0.717, 1.165) is 97.1 Å². The van der Waals surface area contributed by atoms with E-state index in [-0.39, 0.29) is 38.9 Å². The molecule has 73 heavy (non-hydrogen) atoms. The topological polar surface area (TPSA) is 149 Å². The molecule has 0 aliphatic carbocycles. The second kappa shape index (κ2) is 49.2. The minimum atomic E-state index is -1.18. The van der Waals surface area contributed by atoms with Crippen LogP contribution in [0.3, 0.4) is 0 Å². The van der Waals surface area contributed by atoms with Gasteiger partial charge in [-0.15, -0.1) is 0 Å². The second-order valence-corrected chi connectivity index (χ2v) is 20.8. The molecular formula is C59H110N2O12. The van der Waals surface area contributed by atoms with Crippen LogP contribution in [0, 0.1) is 0 Å². The molecule has 0 aromatic heterocycles. The van der Waals surface area contributed by atoms with Crippen molar-refractivity contribution in [2.75, 3.05) is 92.1 Å². The minimum absolute atomic E-state index is 0.0294. The Bertz CT molecular complexity index is 1280. The highest BCUT2D eigenvalue weighted by atomic mass is 16.7. The Balaban J connectivity index is 2.05. The maximum atomic E-state index is 13.5. The fourth-order valence-corrected chi connectivity index (χ4v) is 9.35. The summed E-state index contributed by atoms with van der Waals surface area (Å²) in [5.74, 6) is -1.88. The van der Waals surface area contributed by atoms with Crippen LogP contribution in [-0.2, 0) is 57.1 Å². The van der Waals surface area contributed by atoms with Crippen LogP contribution in [0.1, 0.15) is 245 Å². The smallest absolute Gasteiger partial charge is 0.306 e. The molecule has 2 saturated heterocycles. The molecule has 14 heteroatoms. The normalized spacial score (nSPS) is 15.3. The molecule has 0 N–H and O–H groups in total. The van der Waals surface area contributed by atoms with Crippen LogP contribution < -0.4 is 0 Å². The first-order chi connectivity index (χ1) is 35.8. The van der Waals surface area contributed by atoms with Gasteiger partial charge < -0.3 is 37.9 Å². The van der Waals surface area contributed by atoms with E-state index in [2.05, 4.69) is 30.6 Å². The molecule has 2 heterocycles. The Hall–Kier alpha value is -2.36. The van der Waals surface area contributed by atoms with Gasteiger partial charge in [0.25, 0.3) is 0 Å². The molecule has 2 atom stereocenters. The molecule has 0 amide bonds. The molecule has 14 nitrogen and oxygen atoms in total. The van der Waals surface area contributed by atoms with Gasteiger partial charge in [-0.1, -0.05) is 168 Å². The van der Waals surface area contributed by atoms with E-state index in [1.165, 1.54) is 116 Å². The summed E-state index contributed by atoms with van der Waals surface area (Å²) in [5.41, 5.74) is 0. The maximum absolute atomic E-state index is 13.5. The first-order valence-corrected chi connectivity index (χ1v) is 30.4. The van der Waals surface area contributed by atoms with Crippen molar-refractivity contribution in [1.29, 1.82) is 0 Å². The van der Waals surface area contributed by atoms with Gasteiger partial charge in [0.2, 0.25) is 0 Å². The number of carbonyl (C=O) groups is 4. The molecule has 2 fully saturated rings. The molecule has 2 aliphatic rings. The zero-order chi connectivity index (χ0) is 52.5. The summed E-state index contributed by atoms with van der Waals surface area (Å²) in [7, 11) is 0. The average molecular weight is 1040 g/mol. The van der Waals surface area contributed by atoms with Crippen LogP contribution in [0.4, 0.5) is 0 Å². The Morgan fingerprint density at radius 3 is 1.08 bits per heavy atom. The zero-order valence-electron chi connectivity index (χ0n) is 47.2. The molecule has 428 valence electrons. The SMILES string of the molecule is CCCCCCCCCCCCCCCCC(=O)OCC(OC(=O)CCCCN1CCOCC1)C(COC(=O)CCC(OCCCCCCCC)OCCCCCCCC)OC(=O)CCCCN1CCOCC1. The number of nitrogens with zero attached hydrogens (tertiary/aromatic N) is 2. The molecule has 2 aliphatic heterocycles. The van der Waals surface area contributed by atoms with Gasteiger partial charge in [0.15, 0.2) is 18.5 Å². The van der Waals surface area contributed by atoms with Gasteiger partial charge >= 0.3 is 23.9 Å². The van der Waals surface area contributed by atoms with E-state index in [1.807, 2.05) is 0 Å². The number of hydrogen-bond acceptors (Lipinski definition) is 14. The Morgan fingerprint density at radius 1 is 0.384 bits per heavy atom. The number of unbranched alkanes of at least 4 members (excludes halogenated alkanes) is 25. The largest absolute Gasteiger partial charge is 0.462 e. The quantitative estimate of drug-likeness (QED) is 0.0246. The highest BCUT2D eigenvalue weighted by molar-refractivity contribution is 5.72. The van der Waals surface area contributed by atoms with E-state index in [9.17, 15) is 19.2 Å². The summed E-state index contributed by atoms with van der Waals surface area (Å²) in [6.45, 7) is 15.2. The van der Waals surface area contributed by atoms with Crippen LogP contribution in [-0.4, -0.2) is 144 Å². The summed E-state index contributed by atoms with van der Waals surface area (Å²) in [6, 6.07) is 0. The Morgan fingerprint density at radius 2 is 0.699 bits per heavy atom. The predicted molar refractivity (Wildman–Crippen MR) is 291 cm³/mol. The summed E-state index contributed by atoms with van der Waals surface area (Å²) >= 11 is 0. The molecule has 0 aromatic carbocycles.